The number of anilines is 2. The van der Waals surface area contributed by atoms with Gasteiger partial charge in [0, 0.05) is 11.9 Å². The Balaban J connectivity index is 1.98. The molecule has 0 aliphatic rings. The van der Waals surface area contributed by atoms with E-state index < -0.39 is 0 Å². The lowest BCUT2D eigenvalue weighted by atomic mass is 10.3. The first-order valence-corrected chi connectivity index (χ1v) is 5.42. The number of carbonyl (C=O) groups excluding carboxylic acids is 1. The number of nitrogens with one attached hydrogen (secondary N) is 2. The lowest BCUT2D eigenvalue weighted by Gasteiger charge is -2.07. The van der Waals surface area contributed by atoms with Crippen LogP contribution in [0.25, 0.3) is 0 Å². The van der Waals surface area contributed by atoms with Crippen molar-refractivity contribution >= 4 is 17.4 Å². The van der Waals surface area contributed by atoms with Crippen LogP contribution in [0.3, 0.4) is 0 Å². The fourth-order valence-corrected chi connectivity index (χ4v) is 1.46. The molecule has 0 aliphatic carbocycles. The molecule has 5 nitrogen and oxygen atoms in total. The van der Waals surface area contributed by atoms with Crippen molar-refractivity contribution < 1.29 is 9.90 Å². The number of hydrogen-bond donors (Lipinski definition) is 3. The Morgan fingerprint density at radius 3 is 2.44 bits per heavy atom. The minimum atomic E-state index is -0.354. The van der Waals surface area contributed by atoms with E-state index >= 15 is 0 Å². The van der Waals surface area contributed by atoms with Gasteiger partial charge in [0.05, 0.1) is 11.9 Å². The molecule has 92 valence electrons. The zero-order valence-electron chi connectivity index (χ0n) is 9.84. The Kier molecular flexibility index (Phi) is 3.43. The first-order chi connectivity index (χ1) is 8.63. The number of carbonyl (C=O) groups is 1. The van der Waals surface area contributed by atoms with E-state index in [0.717, 1.165) is 5.56 Å². The summed E-state index contributed by atoms with van der Waals surface area (Å²) in [6.45, 7) is 1.90. The fraction of sp³-hybridized carbons (Fsp3) is 0.0769. The highest BCUT2D eigenvalue weighted by atomic mass is 16.3. The standard InChI is InChI=1S/C13H13N3O2/c1-9-6-11(8-14-7-9)16-13(18)15-10-2-4-12(17)5-3-10/h2-8,17H,1H3,(H2,15,16,18). The molecule has 0 spiro atoms. The van der Waals surface area contributed by atoms with E-state index in [1.807, 2.05) is 13.0 Å². The topological polar surface area (TPSA) is 74.2 Å². The first kappa shape index (κ1) is 11.9. The zero-order valence-corrected chi connectivity index (χ0v) is 9.84. The van der Waals surface area contributed by atoms with Gasteiger partial charge in [0.1, 0.15) is 5.75 Å². The van der Waals surface area contributed by atoms with Gasteiger partial charge in [-0.15, -0.1) is 0 Å². The van der Waals surface area contributed by atoms with Crippen LogP contribution >= 0.6 is 0 Å². The number of rotatable bonds is 2. The van der Waals surface area contributed by atoms with Gasteiger partial charge < -0.3 is 15.7 Å². The molecule has 5 heteroatoms. The van der Waals surface area contributed by atoms with Crippen LogP contribution in [0.2, 0.25) is 0 Å². The smallest absolute Gasteiger partial charge is 0.323 e. The molecule has 1 heterocycles. The number of urea groups is 1. The first-order valence-electron chi connectivity index (χ1n) is 5.42. The minimum absolute atomic E-state index is 0.156. The van der Waals surface area contributed by atoms with E-state index in [1.165, 1.54) is 12.1 Å². The third-order valence-electron chi connectivity index (χ3n) is 2.26. The SMILES string of the molecule is Cc1cncc(NC(=O)Nc2ccc(O)cc2)c1. The number of amides is 2. The van der Waals surface area contributed by atoms with Crippen LogP contribution in [0.1, 0.15) is 5.56 Å². The number of aromatic nitrogens is 1. The van der Waals surface area contributed by atoms with Gasteiger partial charge in [-0.05, 0) is 42.8 Å². The van der Waals surface area contributed by atoms with Crippen LogP contribution < -0.4 is 10.6 Å². The summed E-state index contributed by atoms with van der Waals surface area (Å²) in [6.07, 6.45) is 3.28. The lowest BCUT2D eigenvalue weighted by molar-refractivity contribution is 0.262. The highest BCUT2D eigenvalue weighted by molar-refractivity contribution is 5.99. The second-order valence-corrected chi connectivity index (χ2v) is 3.88. The van der Waals surface area contributed by atoms with Crippen LogP contribution in [0, 0.1) is 6.92 Å². The number of phenolic OH excluding ortho intramolecular Hbond substituents is 1. The molecule has 0 saturated heterocycles. The predicted octanol–water partition coefficient (Wildman–Crippen LogP) is 2.74. The minimum Gasteiger partial charge on any atom is -0.508 e. The second kappa shape index (κ2) is 5.18. The van der Waals surface area contributed by atoms with E-state index in [4.69, 9.17) is 5.11 Å². The van der Waals surface area contributed by atoms with Crippen molar-refractivity contribution in [3.05, 3.63) is 48.3 Å². The third kappa shape index (κ3) is 3.21. The summed E-state index contributed by atoms with van der Waals surface area (Å²) in [5, 5.41) is 14.4. The summed E-state index contributed by atoms with van der Waals surface area (Å²) >= 11 is 0. The Morgan fingerprint density at radius 1 is 1.11 bits per heavy atom. The number of hydrogen-bond acceptors (Lipinski definition) is 3. The van der Waals surface area contributed by atoms with Crippen LogP contribution in [-0.4, -0.2) is 16.1 Å². The highest BCUT2D eigenvalue weighted by Crippen LogP contribution is 2.14. The van der Waals surface area contributed by atoms with Gasteiger partial charge in [0.2, 0.25) is 0 Å². The van der Waals surface area contributed by atoms with Gasteiger partial charge in [-0.25, -0.2) is 4.79 Å². The maximum atomic E-state index is 11.7. The molecule has 1 aromatic heterocycles. The molecule has 0 bridgehead atoms. The van der Waals surface area contributed by atoms with Crippen LogP contribution in [0.4, 0.5) is 16.2 Å². The van der Waals surface area contributed by atoms with E-state index in [9.17, 15) is 4.79 Å². The lowest BCUT2D eigenvalue weighted by Crippen LogP contribution is -2.19. The molecule has 0 unspecified atom stereocenters. The Labute approximate surface area is 104 Å². The molecule has 2 aromatic rings. The highest BCUT2D eigenvalue weighted by Gasteiger charge is 2.02. The molecule has 2 rings (SSSR count). The van der Waals surface area contributed by atoms with Crippen molar-refractivity contribution in [1.82, 2.24) is 4.98 Å². The van der Waals surface area contributed by atoms with Crippen LogP contribution in [0.15, 0.2) is 42.7 Å². The largest absolute Gasteiger partial charge is 0.508 e. The van der Waals surface area contributed by atoms with Crippen molar-refractivity contribution in [3.63, 3.8) is 0 Å². The van der Waals surface area contributed by atoms with Gasteiger partial charge in [0.25, 0.3) is 0 Å². The number of nitrogens with zero attached hydrogens (tertiary/aromatic N) is 1. The van der Waals surface area contributed by atoms with Crippen molar-refractivity contribution in [3.8, 4) is 5.75 Å². The molecule has 18 heavy (non-hydrogen) atoms. The molecule has 0 radical (unpaired) electrons. The Bertz CT molecular complexity index is 552. The van der Waals surface area contributed by atoms with Crippen molar-refractivity contribution in [2.45, 2.75) is 6.92 Å². The summed E-state index contributed by atoms with van der Waals surface area (Å²) in [4.78, 5) is 15.6. The normalized spacial score (nSPS) is 9.83. The molecular formula is C13H13N3O2. The van der Waals surface area contributed by atoms with Gasteiger partial charge in [-0.2, -0.15) is 0 Å². The summed E-state index contributed by atoms with van der Waals surface area (Å²) < 4.78 is 0. The summed E-state index contributed by atoms with van der Waals surface area (Å²) in [6, 6.07) is 7.71. The molecule has 0 aliphatic heterocycles. The van der Waals surface area contributed by atoms with E-state index in [1.54, 1.807) is 24.5 Å². The third-order valence-corrected chi connectivity index (χ3v) is 2.26. The van der Waals surface area contributed by atoms with Gasteiger partial charge in [-0.3, -0.25) is 4.98 Å². The Morgan fingerprint density at radius 2 is 1.78 bits per heavy atom. The number of aromatic hydroxyl groups is 1. The number of aryl methyl sites for hydroxylation is 1. The van der Waals surface area contributed by atoms with Crippen LogP contribution in [0.5, 0.6) is 5.75 Å². The monoisotopic (exact) mass is 243 g/mol. The van der Waals surface area contributed by atoms with Gasteiger partial charge >= 0.3 is 6.03 Å². The van der Waals surface area contributed by atoms with Crippen molar-refractivity contribution in [1.29, 1.82) is 0 Å². The second-order valence-electron chi connectivity index (χ2n) is 3.88. The average molecular weight is 243 g/mol. The molecule has 0 atom stereocenters. The maximum absolute atomic E-state index is 11.7. The maximum Gasteiger partial charge on any atom is 0.323 e. The van der Waals surface area contributed by atoms with Crippen molar-refractivity contribution in [2.24, 2.45) is 0 Å². The molecule has 2 amide bonds. The average Bonchev–Trinajstić information content (AvgIpc) is 2.32. The molecule has 0 saturated carbocycles. The summed E-state index contributed by atoms with van der Waals surface area (Å²) in [5.74, 6) is 0.156. The Hall–Kier alpha value is -2.56. The molecule has 0 fully saturated rings. The van der Waals surface area contributed by atoms with Crippen molar-refractivity contribution in [2.75, 3.05) is 10.6 Å². The number of phenols is 1. The fourth-order valence-electron chi connectivity index (χ4n) is 1.46. The van der Waals surface area contributed by atoms with Gasteiger partial charge in [-0.1, -0.05) is 0 Å². The molecular weight excluding hydrogens is 230 g/mol. The number of benzene rings is 1. The quantitative estimate of drug-likeness (QED) is 0.710. The van der Waals surface area contributed by atoms with E-state index in [2.05, 4.69) is 15.6 Å². The van der Waals surface area contributed by atoms with E-state index in [-0.39, 0.29) is 11.8 Å². The molecule has 1 aromatic carbocycles. The summed E-state index contributed by atoms with van der Waals surface area (Å²) in [5.41, 5.74) is 2.20. The van der Waals surface area contributed by atoms with Gasteiger partial charge in [0.15, 0.2) is 0 Å². The van der Waals surface area contributed by atoms with Crippen LogP contribution in [-0.2, 0) is 0 Å². The molecule has 3 N–H and O–H groups in total. The number of pyridine rings is 1. The summed E-state index contributed by atoms with van der Waals surface area (Å²) in [7, 11) is 0. The predicted molar refractivity (Wildman–Crippen MR) is 69.7 cm³/mol. The van der Waals surface area contributed by atoms with E-state index in [0.29, 0.717) is 11.4 Å². The zero-order chi connectivity index (χ0) is 13.0.